The Morgan fingerprint density at radius 1 is 1.21 bits per heavy atom. The molecule has 8 heteroatoms. The summed E-state index contributed by atoms with van der Waals surface area (Å²) in [6.45, 7) is 7.67. The van der Waals surface area contributed by atoms with E-state index in [1.165, 1.54) is 11.8 Å². The SMILES string of the molecule is C=CCNC(=O)CSc1nc(NC(=O)c2ccccc2)c2c(C)c(C)oc2n1. The summed E-state index contributed by atoms with van der Waals surface area (Å²) in [4.78, 5) is 33.2. The van der Waals surface area contributed by atoms with Gasteiger partial charge in [-0.25, -0.2) is 4.98 Å². The van der Waals surface area contributed by atoms with Crippen LogP contribution in [0.1, 0.15) is 21.7 Å². The quantitative estimate of drug-likeness (QED) is 0.360. The van der Waals surface area contributed by atoms with E-state index in [1.54, 1.807) is 30.3 Å². The first kappa shape index (κ1) is 19.6. The normalized spacial score (nSPS) is 10.6. The Hall–Kier alpha value is -3.13. The molecule has 0 radical (unpaired) electrons. The van der Waals surface area contributed by atoms with Crippen molar-refractivity contribution in [3.8, 4) is 0 Å². The number of anilines is 1. The Morgan fingerprint density at radius 3 is 2.68 bits per heavy atom. The highest BCUT2D eigenvalue weighted by molar-refractivity contribution is 7.99. The molecule has 0 aliphatic carbocycles. The first-order chi connectivity index (χ1) is 13.5. The molecule has 0 spiro atoms. The van der Waals surface area contributed by atoms with Gasteiger partial charge in [-0.1, -0.05) is 36.0 Å². The number of carbonyl (C=O) groups excluding carboxylic acids is 2. The summed E-state index contributed by atoms with van der Waals surface area (Å²) in [5.74, 6) is 0.769. The number of aromatic nitrogens is 2. The number of benzene rings is 1. The summed E-state index contributed by atoms with van der Waals surface area (Å²) in [6.07, 6.45) is 1.61. The lowest BCUT2D eigenvalue weighted by Crippen LogP contribution is -2.25. The molecule has 0 atom stereocenters. The van der Waals surface area contributed by atoms with E-state index < -0.39 is 0 Å². The van der Waals surface area contributed by atoms with Crippen LogP contribution in [0.2, 0.25) is 0 Å². The highest BCUT2D eigenvalue weighted by Crippen LogP contribution is 2.31. The van der Waals surface area contributed by atoms with Crippen molar-refractivity contribution in [1.29, 1.82) is 0 Å². The number of hydrogen-bond donors (Lipinski definition) is 2. The summed E-state index contributed by atoms with van der Waals surface area (Å²) in [5, 5.41) is 6.54. The monoisotopic (exact) mass is 396 g/mol. The zero-order valence-corrected chi connectivity index (χ0v) is 16.4. The maximum atomic E-state index is 12.6. The van der Waals surface area contributed by atoms with Crippen molar-refractivity contribution in [3.63, 3.8) is 0 Å². The van der Waals surface area contributed by atoms with E-state index in [0.717, 1.165) is 5.56 Å². The van der Waals surface area contributed by atoms with Gasteiger partial charge in [-0.2, -0.15) is 4.98 Å². The maximum Gasteiger partial charge on any atom is 0.256 e. The van der Waals surface area contributed by atoms with Gasteiger partial charge in [-0.3, -0.25) is 9.59 Å². The molecule has 2 heterocycles. The predicted octanol–water partition coefficient (Wildman–Crippen LogP) is 3.49. The van der Waals surface area contributed by atoms with Crippen LogP contribution < -0.4 is 10.6 Å². The third-order valence-electron chi connectivity index (χ3n) is 4.05. The van der Waals surface area contributed by atoms with Gasteiger partial charge >= 0.3 is 0 Å². The van der Waals surface area contributed by atoms with Gasteiger partial charge in [0.15, 0.2) is 5.16 Å². The van der Waals surface area contributed by atoms with Gasteiger partial charge in [-0.15, -0.1) is 6.58 Å². The van der Waals surface area contributed by atoms with Crippen LogP contribution in [0.5, 0.6) is 0 Å². The number of nitrogens with zero attached hydrogens (tertiary/aromatic N) is 2. The van der Waals surface area contributed by atoms with Crippen molar-refractivity contribution in [2.24, 2.45) is 0 Å². The molecule has 0 aliphatic rings. The fraction of sp³-hybridized carbons (Fsp3) is 0.200. The molecule has 0 saturated heterocycles. The van der Waals surface area contributed by atoms with Gasteiger partial charge in [0, 0.05) is 17.7 Å². The number of aryl methyl sites for hydroxylation is 2. The molecule has 7 nitrogen and oxygen atoms in total. The number of furan rings is 1. The topological polar surface area (TPSA) is 97.1 Å². The van der Waals surface area contributed by atoms with Crippen molar-refractivity contribution in [1.82, 2.24) is 15.3 Å². The molecule has 28 heavy (non-hydrogen) atoms. The van der Waals surface area contributed by atoms with Crippen LogP contribution in [0, 0.1) is 13.8 Å². The van der Waals surface area contributed by atoms with E-state index >= 15 is 0 Å². The van der Waals surface area contributed by atoms with E-state index in [0.29, 0.717) is 39.9 Å². The largest absolute Gasteiger partial charge is 0.443 e. The average Bonchev–Trinajstić information content (AvgIpc) is 2.99. The minimum atomic E-state index is -0.279. The third-order valence-corrected chi connectivity index (χ3v) is 4.90. The molecule has 0 aliphatic heterocycles. The minimum absolute atomic E-state index is 0.143. The minimum Gasteiger partial charge on any atom is -0.443 e. The second-order valence-electron chi connectivity index (χ2n) is 6.02. The van der Waals surface area contributed by atoms with Crippen LogP contribution in [0.4, 0.5) is 5.82 Å². The van der Waals surface area contributed by atoms with Gasteiger partial charge in [0.05, 0.1) is 11.1 Å². The van der Waals surface area contributed by atoms with E-state index in [-0.39, 0.29) is 17.6 Å². The second-order valence-corrected chi connectivity index (χ2v) is 6.96. The lowest BCUT2D eigenvalue weighted by atomic mass is 10.2. The number of rotatable bonds is 7. The number of nitrogens with one attached hydrogen (secondary N) is 2. The molecule has 144 valence electrons. The van der Waals surface area contributed by atoms with E-state index in [1.807, 2.05) is 19.9 Å². The summed E-state index contributed by atoms with van der Waals surface area (Å²) >= 11 is 1.17. The number of fused-ring (bicyclic) bond motifs is 1. The van der Waals surface area contributed by atoms with Crippen LogP contribution in [-0.2, 0) is 4.79 Å². The summed E-state index contributed by atoms with van der Waals surface area (Å²) in [5.41, 5.74) is 1.76. The zero-order chi connectivity index (χ0) is 20.1. The molecule has 2 amide bonds. The van der Waals surface area contributed by atoms with Crippen molar-refractivity contribution in [2.45, 2.75) is 19.0 Å². The number of carbonyl (C=O) groups is 2. The first-order valence-corrected chi connectivity index (χ1v) is 9.62. The highest BCUT2D eigenvalue weighted by Gasteiger charge is 2.19. The second kappa shape index (κ2) is 8.71. The highest BCUT2D eigenvalue weighted by atomic mass is 32.2. The fourth-order valence-electron chi connectivity index (χ4n) is 2.52. The number of amides is 2. The Balaban J connectivity index is 1.89. The van der Waals surface area contributed by atoms with Gasteiger partial charge in [0.25, 0.3) is 5.91 Å². The average molecular weight is 396 g/mol. The Labute approximate surface area is 166 Å². The van der Waals surface area contributed by atoms with Crippen LogP contribution in [0.25, 0.3) is 11.1 Å². The van der Waals surface area contributed by atoms with Gasteiger partial charge in [0.2, 0.25) is 11.6 Å². The molecule has 0 fully saturated rings. The molecular weight excluding hydrogens is 376 g/mol. The Morgan fingerprint density at radius 2 is 1.96 bits per heavy atom. The lowest BCUT2D eigenvalue weighted by Gasteiger charge is -2.08. The van der Waals surface area contributed by atoms with E-state index in [9.17, 15) is 9.59 Å². The standard InChI is InChI=1S/C20H20N4O3S/c1-4-10-21-15(25)11-28-20-23-17(16-12(2)13(3)27-19(16)24-20)22-18(26)14-8-6-5-7-9-14/h4-9H,1,10-11H2,2-3H3,(H,21,25)(H,22,23,24,26). The van der Waals surface area contributed by atoms with E-state index in [2.05, 4.69) is 27.2 Å². The van der Waals surface area contributed by atoms with Gasteiger partial charge < -0.3 is 15.1 Å². The summed E-state index contributed by atoms with van der Waals surface area (Å²) < 4.78 is 5.71. The molecule has 0 saturated carbocycles. The third kappa shape index (κ3) is 4.40. The molecule has 0 bridgehead atoms. The molecule has 3 aromatic rings. The molecule has 1 aromatic carbocycles. The number of hydrogen-bond acceptors (Lipinski definition) is 6. The van der Waals surface area contributed by atoms with Crippen LogP contribution in [-0.4, -0.2) is 34.1 Å². The molecule has 3 rings (SSSR count). The van der Waals surface area contributed by atoms with Crippen LogP contribution in [0.15, 0.2) is 52.6 Å². The summed E-state index contributed by atoms with van der Waals surface area (Å²) in [7, 11) is 0. The smallest absolute Gasteiger partial charge is 0.256 e. The van der Waals surface area contributed by atoms with Gasteiger partial charge in [-0.05, 0) is 26.0 Å². The zero-order valence-electron chi connectivity index (χ0n) is 15.6. The molecule has 0 unspecified atom stereocenters. The van der Waals surface area contributed by atoms with Crippen molar-refractivity contribution >= 4 is 40.5 Å². The van der Waals surface area contributed by atoms with Gasteiger partial charge in [0.1, 0.15) is 11.6 Å². The Kier molecular flexibility index (Phi) is 6.10. The lowest BCUT2D eigenvalue weighted by molar-refractivity contribution is -0.118. The number of thioether (sulfide) groups is 1. The molecular formula is C20H20N4O3S. The first-order valence-electron chi connectivity index (χ1n) is 8.64. The van der Waals surface area contributed by atoms with Crippen molar-refractivity contribution < 1.29 is 14.0 Å². The predicted molar refractivity (Wildman–Crippen MR) is 110 cm³/mol. The van der Waals surface area contributed by atoms with E-state index in [4.69, 9.17) is 4.42 Å². The van der Waals surface area contributed by atoms with Crippen LogP contribution >= 0.6 is 11.8 Å². The van der Waals surface area contributed by atoms with Crippen LogP contribution in [0.3, 0.4) is 0 Å². The Bertz CT molecular complexity index is 1030. The fourth-order valence-corrected chi connectivity index (χ4v) is 3.19. The van der Waals surface area contributed by atoms with Crippen molar-refractivity contribution in [3.05, 3.63) is 59.9 Å². The summed E-state index contributed by atoms with van der Waals surface area (Å²) in [6, 6.07) is 8.87. The molecule has 2 N–H and O–H groups in total. The maximum absolute atomic E-state index is 12.6. The molecule has 2 aromatic heterocycles. The van der Waals surface area contributed by atoms with Crippen molar-refractivity contribution in [2.75, 3.05) is 17.6 Å².